The molecule has 0 aromatic carbocycles. The van der Waals surface area contributed by atoms with E-state index in [1.807, 2.05) is 0 Å². The normalized spacial score (nSPS) is 0. The van der Waals surface area contributed by atoms with Crippen molar-refractivity contribution in [3.8, 4) is 0 Å². The monoisotopic (exact) mass is 238 g/mol. The Labute approximate surface area is 76.9 Å². The van der Waals surface area contributed by atoms with Crippen molar-refractivity contribution in [3.05, 3.63) is 0 Å². The zero-order valence-electron chi connectivity index (χ0n) is 3.17. The summed E-state index contributed by atoms with van der Waals surface area (Å²) < 4.78 is 0. The molecule has 0 aliphatic rings. The molecule has 0 saturated carbocycles. The maximum absolute atomic E-state index is 0. The van der Waals surface area contributed by atoms with Crippen molar-refractivity contribution in [2.24, 2.45) is 0 Å². The van der Waals surface area contributed by atoms with Crippen LogP contribution in [0.1, 0.15) is 0 Å². The molecule has 0 fully saturated rings. The first-order valence-electron chi connectivity index (χ1n) is 0. The Morgan fingerprint density at radius 3 is 0.429 bits per heavy atom. The molecule has 8 N–H and O–H groups in total. The molecule has 54 valence electrons. The summed E-state index contributed by atoms with van der Waals surface area (Å²) in [5, 5.41) is 0. The third-order valence-corrected chi connectivity index (χ3v) is 0. The average Bonchev–Trinajstić information content (AvgIpc) is 0. The number of hydrogen-bond donors (Lipinski definition) is 0. The van der Waals surface area contributed by atoms with E-state index in [1.165, 1.54) is 0 Å². The van der Waals surface area contributed by atoms with Gasteiger partial charge < -0.3 is 21.9 Å². The van der Waals surface area contributed by atoms with Gasteiger partial charge in [-0.15, -0.1) is 0 Å². The van der Waals surface area contributed by atoms with Gasteiger partial charge in [-0.2, -0.15) is 0 Å². The molecule has 7 heavy (non-hydrogen) atoms. The van der Waals surface area contributed by atoms with Crippen LogP contribution >= 0.6 is 0 Å². The van der Waals surface area contributed by atoms with Crippen LogP contribution in [0.3, 0.4) is 0 Å². The fourth-order valence-corrected chi connectivity index (χ4v) is 0. The quantitative estimate of drug-likeness (QED) is 0.391. The SMILES string of the molecule is O.O.O.O.[Co].[Co].[Ti]. The minimum Gasteiger partial charge on any atom is -0.412 e. The summed E-state index contributed by atoms with van der Waals surface area (Å²) in [5.74, 6) is 0. The third kappa shape index (κ3) is 95.5. The van der Waals surface area contributed by atoms with E-state index in [-0.39, 0.29) is 77.2 Å². The van der Waals surface area contributed by atoms with Gasteiger partial charge in [0, 0.05) is 55.3 Å². The summed E-state index contributed by atoms with van der Waals surface area (Å²) in [7, 11) is 0. The Balaban J connectivity index is 0. The first kappa shape index (κ1) is 200. The first-order valence-corrected chi connectivity index (χ1v) is 0. The topological polar surface area (TPSA) is 126 Å². The van der Waals surface area contributed by atoms with Gasteiger partial charge in [0.1, 0.15) is 0 Å². The summed E-state index contributed by atoms with van der Waals surface area (Å²) in [4.78, 5) is 0. The molecule has 0 rings (SSSR count). The predicted molar refractivity (Wildman–Crippen MR) is 14.5 cm³/mol. The number of rotatable bonds is 0. The maximum atomic E-state index is 0. The number of hydrogen-bond acceptors (Lipinski definition) is 0. The van der Waals surface area contributed by atoms with Crippen molar-refractivity contribution in [2.75, 3.05) is 0 Å². The molecule has 2 radical (unpaired) electrons. The van der Waals surface area contributed by atoms with Gasteiger partial charge in [-0.25, -0.2) is 0 Å². The summed E-state index contributed by atoms with van der Waals surface area (Å²) in [6, 6.07) is 0. The first-order chi connectivity index (χ1) is 0. The summed E-state index contributed by atoms with van der Waals surface area (Å²) in [6.07, 6.45) is 0. The van der Waals surface area contributed by atoms with Gasteiger partial charge in [-0.05, 0) is 0 Å². The van der Waals surface area contributed by atoms with Crippen molar-refractivity contribution in [1.82, 2.24) is 0 Å². The summed E-state index contributed by atoms with van der Waals surface area (Å²) in [5.41, 5.74) is 0. The molecule has 0 unspecified atom stereocenters. The fourth-order valence-electron chi connectivity index (χ4n) is 0. The van der Waals surface area contributed by atoms with Gasteiger partial charge in [-0.1, -0.05) is 0 Å². The van der Waals surface area contributed by atoms with Gasteiger partial charge >= 0.3 is 0 Å². The second-order valence-electron chi connectivity index (χ2n) is 0. The van der Waals surface area contributed by atoms with Crippen molar-refractivity contribution < 1.29 is 77.2 Å². The van der Waals surface area contributed by atoms with E-state index in [0.717, 1.165) is 0 Å². The zero-order chi connectivity index (χ0) is 0. The molecule has 0 bridgehead atoms. The van der Waals surface area contributed by atoms with Crippen LogP contribution in [0.15, 0.2) is 0 Å². The Hall–Kier alpha value is 1.57. The van der Waals surface area contributed by atoms with Gasteiger partial charge in [-0.3, -0.25) is 0 Å². The smallest absolute Gasteiger partial charge is 0 e. The van der Waals surface area contributed by atoms with E-state index in [1.54, 1.807) is 0 Å². The van der Waals surface area contributed by atoms with Crippen LogP contribution in [0.2, 0.25) is 0 Å². The van der Waals surface area contributed by atoms with Crippen LogP contribution in [0, 0.1) is 0 Å². The molecular weight excluding hydrogens is 230 g/mol. The van der Waals surface area contributed by atoms with E-state index in [4.69, 9.17) is 0 Å². The molecular formula is H8Co2O4Ti. The second kappa shape index (κ2) is 133. The van der Waals surface area contributed by atoms with E-state index in [0.29, 0.717) is 0 Å². The summed E-state index contributed by atoms with van der Waals surface area (Å²) >= 11 is 0. The van der Waals surface area contributed by atoms with Crippen LogP contribution in [-0.4, -0.2) is 21.9 Å². The van der Waals surface area contributed by atoms with E-state index < -0.39 is 0 Å². The molecule has 0 amide bonds. The largest absolute Gasteiger partial charge is 0.412 e. The van der Waals surface area contributed by atoms with Crippen LogP contribution in [-0.2, 0) is 55.3 Å². The summed E-state index contributed by atoms with van der Waals surface area (Å²) in [6.45, 7) is 0. The molecule has 0 aromatic heterocycles. The Morgan fingerprint density at radius 2 is 0.429 bits per heavy atom. The van der Waals surface area contributed by atoms with Gasteiger partial charge in [0.05, 0.1) is 0 Å². The van der Waals surface area contributed by atoms with Crippen molar-refractivity contribution in [1.29, 1.82) is 0 Å². The molecule has 0 heterocycles. The Kier molecular flexibility index (Phi) is 3790. The van der Waals surface area contributed by atoms with Crippen LogP contribution < -0.4 is 0 Å². The molecule has 0 aliphatic carbocycles. The van der Waals surface area contributed by atoms with Crippen LogP contribution in [0.4, 0.5) is 0 Å². The minimum absolute atomic E-state index is 0. The second-order valence-corrected chi connectivity index (χ2v) is 0. The molecule has 4 nitrogen and oxygen atoms in total. The zero-order valence-corrected chi connectivity index (χ0v) is 6.81. The van der Waals surface area contributed by atoms with Crippen molar-refractivity contribution in [3.63, 3.8) is 0 Å². The van der Waals surface area contributed by atoms with Crippen molar-refractivity contribution in [2.45, 2.75) is 0 Å². The molecule has 0 aliphatic heterocycles. The van der Waals surface area contributed by atoms with Gasteiger partial charge in [0.15, 0.2) is 0 Å². The molecule has 0 aromatic rings. The van der Waals surface area contributed by atoms with E-state index >= 15 is 0 Å². The molecule has 0 atom stereocenters. The molecule has 7 heteroatoms. The maximum Gasteiger partial charge on any atom is 0 e. The predicted octanol–water partition coefficient (Wildman–Crippen LogP) is -3.31. The molecule has 0 saturated heterocycles. The average molecular weight is 238 g/mol. The minimum atomic E-state index is 0. The van der Waals surface area contributed by atoms with E-state index in [2.05, 4.69) is 0 Å². The van der Waals surface area contributed by atoms with E-state index in [9.17, 15) is 0 Å². The standard InChI is InChI=1S/2Co.4H2O.Ti/h;;4*1H2;. The fraction of sp³-hybridized carbons (Fsp3) is 0. The van der Waals surface area contributed by atoms with Crippen LogP contribution in [0.5, 0.6) is 0 Å². The Morgan fingerprint density at radius 1 is 0.429 bits per heavy atom. The Bertz CT molecular complexity index is 9.65. The van der Waals surface area contributed by atoms with Crippen molar-refractivity contribution >= 4 is 0 Å². The third-order valence-electron chi connectivity index (χ3n) is 0. The molecule has 0 spiro atoms. The van der Waals surface area contributed by atoms with Gasteiger partial charge in [0.25, 0.3) is 0 Å². The van der Waals surface area contributed by atoms with Crippen LogP contribution in [0.25, 0.3) is 0 Å². The van der Waals surface area contributed by atoms with Gasteiger partial charge in [0.2, 0.25) is 0 Å².